The van der Waals surface area contributed by atoms with E-state index < -0.39 is 17.8 Å². The van der Waals surface area contributed by atoms with Gasteiger partial charge in [-0.1, -0.05) is 5.16 Å². The van der Waals surface area contributed by atoms with Gasteiger partial charge in [0.25, 0.3) is 0 Å². The zero-order valence-corrected chi connectivity index (χ0v) is 10.5. The third-order valence-electron chi connectivity index (χ3n) is 2.77. The molecule has 0 aliphatic rings. The molecule has 0 aliphatic carbocycles. The Morgan fingerprint density at radius 1 is 1.45 bits per heavy atom. The molecule has 0 fully saturated rings. The van der Waals surface area contributed by atoms with Crippen LogP contribution < -0.4 is 0 Å². The number of aromatic nitrogens is 3. The Balaban J connectivity index is 2.38. The van der Waals surface area contributed by atoms with Crippen LogP contribution in [-0.4, -0.2) is 26.0 Å². The molecule has 108 valence electrons. The average Bonchev–Trinajstić information content (AvgIpc) is 2.85. The van der Waals surface area contributed by atoms with E-state index in [4.69, 9.17) is 9.63 Å². The minimum absolute atomic E-state index is 0.154. The van der Waals surface area contributed by atoms with E-state index in [1.54, 1.807) is 0 Å². The fourth-order valence-corrected chi connectivity index (χ4v) is 1.70. The summed E-state index contributed by atoms with van der Waals surface area (Å²) in [5, 5.41) is 15.7. The van der Waals surface area contributed by atoms with Crippen LogP contribution >= 0.6 is 0 Å². The van der Waals surface area contributed by atoms with Gasteiger partial charge in [0.15, 0.2) is 11.4 Å². The van der Waals surface area contributed by atoms with Crippen LogP contribution in [0.5, 0.6) is 0 Å². The van der Waals surface area contributed by atoms with Gasteiger partial charge in [-0.05, 0) is 19.9 Å². The topological polar surface area (TPSA) is 81.1 Å². The summed E-state index contributed by atoms with van der Waals surface area (Å²) in [6.07, 6.45) is -4.55. The predicted octanol–water partition coefficient (Wildman–Crippen LogP) is 2.25. The number of carboxylic acids is 1. The van der Waals surface area contributed by atoms with Gasteiger partial charge in [0, 0.05) is 5.69 Å². The third kappa shape index (κ3) is 2.51. The normalized spacial score (nSPS) is 11.8. The van der Waals surface area contributed by atoms with E-state index in [1.807, 2.05) is 0 Å². The van der Waals surface area contributed by atoms with Crippen LogP contribution in [-0.2, 0) is 12.7 Å². The van der Waals surface area contributed by atoms with E-state index in [-0.39, 0.29) is 29.3 Å². The van der Waals surface area contributed by atoms with Crippen LogP contribution in [0.4, 0.5) is 13.2 Å². The zero-order valence-electron chi connectivity index (χ0n) is 10.5. The summed E-state index contributed by atoms with van der Waals surface area (Å²) in [5.74, 6) is -1.08. The summed E-state index contributed by atoms with van der Waals surface area (Å²) in [7, 11) is 0. The van der Waals surface area contributed by atoms with Gasteiger partial charge in [-0.3, -0.25) is 4.68 Å². The lowest BCUT2D eigenvalue weighted by atomic mass is 10.2. The highest BCUT2D eigenvalue weighted by Gasteiger charge is 2.34. The first-order valence-corrected chi connectivity index (χ1v) is 5.50. The summed E-state index contributed by atoms with van der Waals surface area (Å²) in [6.45, 7) is 2.78. The molecule has 1 N–H and O–H groups in total. The van der Waals surface area contributed by atoms with Crippen molar-refractivity contribution in [3.05, 3.63) is 34.5 Å². The van der Waals surface area contributed by atoms with Crippen molar-refractivity contribution in [1.82, 2.24) is 14.9 Å². The minimum atomic E-state index is -4.55. The van der Waals surface area contributed by atoms with Crippen LogP contribution in [0.3, 0.4) is 0 Å². The van der Waals surface area contributed by atoms with Crippen molar-refractivity contribution in [2.24, 2.45) is 0 Å². The minimum Gasteiger partial charge on any atom is -0.476 e. The van der Waals surface area contributed by atoms with Gasteiger partial charge in [-0.2, -0.15) is 18.3 Å². The Hall–Kier alpha value is -2.32. The van der Waals surface area contributed by atoms with E-state index in [0.29, 0.717) is 0 Å². The molecule has 0 aliphatic heterocycles. The molecule has 0 saturated carbocycles. The lowest BCUT2D eigenvalue weighted by molar-refractivity contribution is -0.141. The number of halogens is 3. The fraction of sp³-hybridized carbons (Fsp3) is 0.364. The predicted molar refractivity (Wildman–Crippen MR) is 59.3 cm³/mol. The Morgan fingerprint density at radius 3 is 2.60 bits per heavy atom. The smallest absolute Gasteiger partial charge is 0.435 e. The number of nitrogens with zero attached hydrogens (tertiary/aromatic N) is 3. The molecule has 0 saturated heterocycles. The highest BCUT2D eigenvalue weighted by Crippen LogP contribution is 2.28. The van der Waals surface area contributed by atoms with Crippen LogP contribution in [0.15, 0.2) is 10.6 Å². The van der Waals surface area contributed by atoms with Gasteiger partial charge >= 0.3 is 12.1 Å². The maximum atomic E-state index is 12.5. The maximum absolute atomic E-state index is 12.5. The van der Waals surface area contributed by atoms with Crippen molar-refractivity contribution in [2.75, 3.05) is 0 Å². The molecular weight excluding hydrogens is 279 g/mol. The largest absolute Gasteiger partial charge is 0.476 e. The van der Waals surface area contributed by atoms with E-state index in [9.17, 15) is 18.0 Å². The van der Waals surface area contributed by atoms with Gasteiger partial charge in [-0.25, -0.2) is 4.79 Å². The van der Waals surface area contributed by atoms with Gasteiger partial charge in [0.2, 0.25) is 0 Å². The van der Waals surface area contributed by atoms with E-state index in [2.05, 4.69) is 10.3 Å². The zero-order chi connectivity index (χ0) is 15.1. The van der Waals surface area contributed by atoms with Gasteiger partial charge in [0.1, 0.15) is 5.76 Å². The first kappa shape index (κ1) is 14.1. The Bertz CT molecular complexity index is 658. The highest BCUT2D eigenvalue weighted by molar-refractivity contribution is 5.87. The number of rotatable bonds is 3. The van der Waals surface area contributed by atoms with E-state index in [1.165, 1.54) is 13.8 Å². The first-order chi connectivity index (χ1) is 9.20. The SMILES string of the molecule is Cc1onc(C(=O)O)c1Cn1nc(C(F)(F)F)cc1C. The molecule has 0 unspecified atom stereocenters. The number of aromatic carboxylic acids is 1. The molecule has 2 heterocycles. The van der Waals surface area contributed by atoms with Crippen molar-refractivity contribution in [3.63, 3.8) is 0 Å². The average molecular weight is 289 g/mol. The standard InChI is InChI=1S/C11H10F3N3O3/c1-5-3-8(11(12,13)14)15-17(5)4-7-6(2)20-16-9(7)10(18)19/h3H,4H2,1-2H3,(H,18,19). The summed E-state index contributed by atoms with van der Waals surface area (Å²) in [5.41, 5.74) is -0.904. The van der Waals surface area contributed by atoms with Crippen LogP contribution in [0.2, 0.25) is 0 Å². The Labute approximate surface area is 110 Å². The summed E-state index contributed by atoms with van der Waals surface area (Å²) in [6, 6.07) is 0.892. The van der Waals surface area contributed by atoms with Gasteiger partial charge in [0.05, 0.1) is 12.1 Å². The first-order valence-electron chi connectivity index (χ1n) is 5.50. The number of carboxylic acid groups (broad SMARTS) is 1. The third-order valence-corrected chi connectivity index (χ3v) is 2.77. The van der Waals surface area contributed by atoms with Crippen molar-refractivity contribution < 1.29 is 27.6 Å². The molecule has 0 amide bonds. The van der Waals surface area contributed by atoms with Gasteiger partial charge < -0.3 is 9.63 Å². The number of aryl methyl sites for hydroxylation is 2. The second kappa shape index (κ2) is 4.66. The van der Waals surface area contributed by atoms with Crippen molar-refractivity contribution in [1.29, 1.82) is 0 Å². The molecule has 6 nitrogen and oxygen atoms in total. The molecule has 0 aromatic carbocycles. The second-order valence-electron chi connectivity index (χ2n) is 4.20. The molecule has 2 rings (SSSR count). The maximum Gasteiger partial charge on any atom is 0.435 e. The van der Waals surface area contributed by atoms with Crippen molar-refractivity contribution >= 4 is 5.97 Å². The number of alkyl halides is 3. The number of carbonyl (C=O) groups is 1. The molecule has 9 heteroatoms. The second-order valence-corrected chi connectivity index (χ2v) is 4.20. The van der Waals surface area contributed by atoms with Crippen molar-refractivity contribution in [2.45, 2.75) is 26.6 Å². The molecular formula is C11H10F3N3O3. The van der Waals surface area contributed by atoms with E-state index in [0.717, 1.165) is 10.7 Å². The van der Waals surface area contributed by atoms with E-state index >= 15 is 0 Å². The lowest BCUT2D eigenvalue weighted by Crippen LogP contribution is -2.11. The fourth-order valence-electron chi connectivity index (χ4n) is 1.70. The molecule has 0 radical (unpaired) electrons. The highest BCUT2D eigenvalue weighted by atomic mass is 19.4. The molecule has 0 bridgehead atoms. The molecule has 2 aromatic rings. The van der Waals surface area contributed by atoms with Crippen LogP contribution in [0, 0.1) is 13.8 Å². The molecule has 20 heavy (non-hydrogen) atoms. The summed E-state index contributed by atoms with van der Waals surface area (Å²) >= 11 is 0. The number of hydrogen-bond donors (Lipinski definition) is 1. The number of hydrogen-bond acceptors (Lipinski definition) is 4. The van der Waals surface area contributed by atoms with Gasteiger partial charge in [-0.15, -0.1) is 0 Å². The summed E-state index contributed by atoms with van der Waals surface area (Å²) in [4.78, 5) is 10.9. The molecule has 0 atom stereocenters. The van der Waals surface area contributed by atoms with Crippen molar-refractivity contribution in [3.8, 4) is 0 Å². The molecule has 2 aromatic heterocycles. The Kier molecular flexibility index (Phi) is 3.28. The summed E-state index contributed by atoms with van der Waals surface area (Å²) < 4.78 is 43.5. The monoisotopic (exact) mass is 289 g/mol. The van der Waals surface area contributed by atoms with Crippen LogP contribution in [0.25, 0.3) is 0 Å². The quantitative estimate of drug-likeness (QED) is 0.937. The van der Waals surface area contributed by atoms with Crippen LogP contribution in [0.1, 0.15) is 33.2 Å². The molecule has 0 spiro atoms. The lowest BCUT2D eigenvalue weighted by Gasteiger charge is -2.04. The Morgan fingerprint density at radius 2 is 2.10 bits per heavy atom.